The van der Waals surface area contributed by atoms with Gasteiger partial charge in [0.2, 0.25) is 0 Å². The van der Waals surface area contributed by atoms with Gasteiger partial charge in [0.05, 0.1) is 12.3 Å². The van der Waals surface area contributed by atoms with Crippen molar-refractivity contribution < 1.29 is 14.2 Å². The maximum Gasteiger partial charge on any atom is 0.161 e. The standard InChI is InChI=1S/C35H40N4O3/c1-4-40-29-12-9-11-27(20-29)22-38(23-28-14-15-32-33(21-28)42-19-18-41-32)24-31-26(3)34(30-13-6-5-10-25(30)2)36-37-35(31)39-16-7-8-17-39/h5-6,9-15,20-21H,4,7-8,16-19,22-24H2,1-3H3. The number of aromatic nitrogens is 2. The van der Waals surface area contributed by atoms with Crippen molar-refractivity contribution >= 4 is 5.82 Å². The molecule has 0 N–H and O–H groups in total. The van der Waals surface area contributed by atoms with Crippen LogP contribution in [0.25, 0.3) is 11.3 Å². The molecular weight excluding hydrogens is 524 g/mol. The highest BCUT2D eigenvalue weighted by atomic mass is 16.6. The fourth-order valence-corrected chi connectivity index (χ4v) is 6.00. The van der Waals surface area contributed by atoms with E-state index in [1.165, 1.54) is 40.7 Å². The molecule has 0 spiro atoms. The lowest BCUT2D eigenvalue weighted by Gasteiger charge is -2.28. The normalized spacial score (nSPS) is 14.4. The van der Waals surface area contributed by atoms with Crippen LogP contribution in [0, 0.1) is 13.8 Å². The lowest BCUT2D eigenvalue weighted by Crippen LogP contribution is -2.27. The molecule has 42 heavy (non-hydrogen) atoms. The zero-order valence-electron chi connectivity index (χ0n) is 24.9. The summed E-state index contributed by atoms with van der Waals surface area (Å²) < 4.78 is 17.5. The third kappa shape index (κ3) is 6.21. The molecule has 218 valence electrons. The van der Waals surface area contributed by atoms with Crippen LogP contribution >= 0.6 is 0 Å². The molecule has 3 aromatic carbocycles. The smallest absolute Gasteiger partial charge is 0.161 e. The van der Waals surface area contributed by atoms with Crippen molar-refractivity contribution in [3.8, 4) is 28.5 Å². The molecule has 7 nitrogen and oxygen atoms in total. The first kappa shape index (κ1) is 28.0. The molecule has 1 fully saturated rings. The second kappa shape index (κ2) is 12.8. The van der Waals surface area contributed by atoms with E-state index in [-0.39, 0.29) is 0 Å². The number of ether oxygens (including phenoxy) is 3. The van der Waals surface area contributed by atoms with Crippen LogP contribution in [0.2, 0.25) is 0 Å². The Bertz CT molecular complexity index is 1530. The summed E-state index contributed by atoms with van der Waals surface area (Å²) in [6.45, 7) is 12.5. The number of hydrogen-bond acceptors (Lipinski definition) is 7. The van der Waals surface area contributed by atoms with Gasteiger partial charge < -0.3 is 19.1 Å². The Kier molecular flexibility index (Phi) is 8.56. The molecule has 4 aromatic rings. The summed E-state index contributed by atoms with van der Waals surface area (Å²) in [5.41, 5.74) is 8.13. The van der Waals surface area contributed by atoms with Crippen molar-refractivity contribution in [2.24, 2.45) is 0 Å². The fourth-order valence-electron chi connectivity index (χ4n) is 6.00. The summed E-state index contributed by atoms with van der Waals surface area (Å²) >= 11 is 0. The molecular formula is C35H40N4O3. The third-order valence-corrected chi connectivity index (χ3v) is 8.14. The van der Waals surface area contributed by atoms with Crippen molar-refractivity contribution in [2.45, 2.75) is 53.2 Å². The summed E-state index contributed by atoms with van der Waals surface area (Å²) in [6, 6.07) is 23.2. The predicted molar refractivity (Wildman–Crippen MR) is 166 cm³/mol. The molecule has 0 unspecified atom stereocenters. The molecule has 0 aliphatic carbocycles. The summed E-state index contributed by atoms with van der Waals surface area (Å²) in [5.74, 6) is 3.54. The topological polar surface area (TPSA) is 60.0 Å². The van der Waals surface area contributed by atoms with Crippen LogP contribution in [0.4, 0.5) is 5.82 Å². The van der Waals surface area contributed by atoms with E-state index in [0.717, 1.165) is 67.0 Å². The zero-order valence-corrected chi connectivity index (χ0v) is 24.9. The van der Waals surface area contributed by atoms with Crippen LogP contribution in [0.15, 0.2) is 66.7 Å². The number of rotatable bonds is 10. The van der Waals surface area contributed by atoms with Crippen molar-refractivity contribution in [2.75, 3.05) is 37.8 Å². The van der Waals surface area contributed by atoms with Gasteiger partial charge in [0.15, 0.2) is 17.3 Å². The van der Waals surface area contributed by atoms with Crippen LogP contribution in [0.5, 0.6) is 17.2 Å². The Morgan fingerprint density at radius 2 is 1.57 bits per heavy atom. The molecule has 2 aliphatic rings. The van der Waals surface area contributed by atoms with Crippen LogP contribution in [-0.4, -0.2) is 48.0 Å². The first-order chi connectivity index (χ1) is 20.6. The quantitative estimate of drug-likeness (QED) is 0.212. The zero-order chi connectivity index (χ0) is 28.9. The molecule has 0 saturated carbocycles. The highest BCUT2D eigenvalue weighted by Crippen LogP contribution is 2.35. The van der Waals surface area contributed by atoms with Crippen molar-refractivity contribution in [1.29, 1.82) is 0 Å². The minimum Gasteiger partial charge on any atom is -0.494 e. The summed E-state index contributed by atoms with van der Waals surface area (Å²) in [7, 11) is 0. The van der Waals surface area contributed by atoms with Crippen LogP contribution in [-0.2, 0) is 19.6 Å². The Hall–Kier alpha value is -4.10. The van der Waals surface area contributed by atoms with Crippen molar-refractivity contribution in [3.05, 3.63) is 94.5 Å². The van der Waals surface area contributed by atoms with Gasteiger partial charge in [0, 0.05) is 43.9 Å². The monoisotopic (exact) mass is 564 g/mol. The van der Waals surface area contributed by atoms with E-state index in [1.807, 2.05) is 19.1 Å². The average molecular weight is 565 g/mol. The molecule has 6 rings (SSSR count). The Morgan fingerprint density at radius 1 is 0.810 bits per heavy atom. The van der Waals surface area contributed by atoms with E-state index in [0.29, 0.717) is 19.8 Å². The van der Waals surface area contributed by atoms with Gasteiger partial charge in [-0.2, -0.15) is 0 Å². The van der Waals surface area contributed by atoms with E-state index < -0.39 is 0 Å². The number of benzene rings is 3. The number of anilines is 1. The van der Waals surface area contributed by atoms with Crippen molar-refractivity contribution in [1.82, 2.24) is 15.1 Å². The summed E-state index contributed by atoms with van der Waals surface area (Å²) in [5, 5.41) is 9.71. The maximum absolute atomic E-state index is 5.92. The lowest BCUT2D eigenvalue weighted by molar-refractivity contribution is 0.171. The number of aryl methyl sites for hydroxylation is 1. The fraction of sp³-hybridized carbons (Fsp3) is 0.371. The Labute approximate surface area is 249 Å². The van der Waals surface area contributed by atoms with Gasteiger partial charge in [0.1, 0.15) is 19.0 Å². The van der Waals surface area contributed by atoms with Crippen LogP contribution < -0.4 is 19.1 Å². The largest absolute Gasteiger partial charge is 0.494 e. The summed E-state index contributed by atoms with van der Waals surface area (Å²) in [4.78, 5) is 4.90. The maximum atomic E-state index is 5.92. The molecule has 7 heteroatoms. The van der Waals surface area contributed by atoms with Gasteiger partial charge in [-0.3, -0.25) is 4.90 Å². The lowest BCUT2D eigenvalue weighted by atomic mass is 9.98. The predicted octanol–water partition coefficient (Wildman–Crippen LogP) is 6.73. The molecule has 0 amide bonds. The minimum absolute atomic E-state index is 0.577. The third-order valence-electron chi connectivity index (χ3n) is 8.14. The second-order valence-corrected chi connectivity index (χ2v) is 11.2. The van der Waals surface area contributed by atoms with Gasteiger partial charge >= 0.3 is 0 Å². The van der Waals surface area contributed by atoms with E-state index in [1.54, 1.807) is 0 Å². The number of hydrogen-bond donors (Lipinski definition) is 0. The van der Waals surface area contributed by atoms with Gasteiger partial charge in [-0.1, -0.05) is 42.5 Å². The van der Waals surface area contributed by atoms with E-state index >= 15 is 0 Å². The SMILES string of the molecule is CCOc1cccc(CN(Cc2ccc3c(c2)OCCO3)Cc2c(N3CCCC3)nnc(-c3ccccc3C)c2C)c1. The molecule has 0 bridgehead atoms. The van der Waals surface area contributed by atoms with E-state index in [9.17, 15) is 0 Å². The number of nitrogens with zero attached hydrogens (tertiary/aromatic N) is 4. The second-order valence-electron chi connectivity index (χ2n) is 11.2. The Morgan fingerprint density at radius 3 is 2.36 bits per heavy atom. The first-order valence-electron chi connectivity index (χ1n) is 15.1. The van der Waals surface area contributed by atoms with Gasteiger partial charge in [0.25, 0.3) is 0 Å². The first-order valence-corrected chi connectivity index (χ1v) is 15.1. The van der Waals surface area contributed by atoms with E-state index in [4.69, 9.17) is 24.4 Å². The minimum atomic E-state index is 0.577. The van der Waals surface area contributed by atoms with Crippen LogP contribution in [0.3, 0.4) is 0 Å². The van der Waals surface area contributed by atoms with Crippen LogP contribution in [0.1, 0.15) is 47.6 Å². The molecule has 0 atom stereocenters. The molecule has 1 aromatic heterocycles. The Balaban J connectivity index is 1.39. The van der Waals surface area contributed by atoms with Crippen molar-refractivity contribution in [3.63, 3.8) is 0 Å². The highest BCUT2D eigenvalue weighted by Gasteiger charge is 2.24. The summed E-state index contributed by atoms with van der Waals surface area (Å²) in [6.07, 6.45) is 2.37. The highest BCUT2D eigenvalue weighted by molar-refractivity contribution is 5.70. The molecule has 2 aliphatic heterocycles. The van der Waals surface area contributed by atoms with Gasteiger partial charge in [-0.15, -0.1) is 10.2 Å². The van der Waals surface area contributed by atoms with Gasteiger partial charge in [-0.05, 0) is 80.1 Å². The average Bonchev–Trinajstić information content (AvgIpc) is 3.54. The van der Waals surface area contributed by atoms with E-state index in [2.05, 4.69) is 78.2 Å². The number of fused-ring (bicyclic) bond motifs is 1. The molecule has 0 radical (unpaired) electrons. The molecule has 1 saturated heterocycles. The molecule has 3 heterocycles. The van der Waals surface area contributed by atoms with Gasteiger partial charge in [-0.25, -0.2) is 0 Å².